The largest absolute Gasteiger partial charge is 0.316 e. The number of carbonyl (C=O) groups excluding carboxylic acids is 1. The number of aromatic nitrogens is 3. The number of nitrogens with zero attached hydrogens (tertiary/aromatic N) is 3. The highest BCUT2D eigenvalue weighted by Crippen LogP contribution is 2.37. The standard InChI is InChI=1S/C22H23N5OS2/c1-13-8-10-15(11-9-13)19-24-22(27-26-19)29-14(2)20(28)25-21-17(12-23)16-6-4-3-5-7-18(16)30-21/h8-11,14H,3-7H2,1-2H3,(H,25,28)(H,24,26,27)/t14-/m1/s1. The van der Waals surface area contributed by atoms with Gasteiger partial charge in [0.25, 0.3) is 0 Å². The molecule has 1 aliphatic carbocycles. The molecule has 2 aromatic heterocycles. The van der Waals surface area contributed by atoms with Crippen molar-refractivity contribution in [3.63, 3.8) is 0 Å². The number of carbonyl (C=O) groups is 1. The Morgan fingerprint density at radius 2 is 2.03 bits per heavy atom. The summed E-state index contributed by atoms with van der Waals surface area (Å²) in [7, 11) is 0. The number of amides is 1. The summed E-state index contributed by atoms with van der Waals surface area (Å²) in [4.78, 5) is 18.5. The number of aromatic amines is 1. The number of H-pyrrole nitrogens is 1. The Hall–Kier alpha value is -2.63. The predicted molar refractivity (Wildman–Crippen MR) is 121 cm³/mol. The van der Waals surface area contributed by atoms with Crippen molar-refractivity contribution in [2.24, 2.45) is 0 Å². The molecular formula is C22H23N5OS2. The van der Waals surface area contributed by atoms with E-state index in [1.54, 1.807) is 11.3 Å². The lowest BCUT2D eigenvalue weighted by atomic mass is 10.1. The van der Waals surface area contributed by atoms with Crippen LogP contribution in [0.2, 0.25) is 0 Å². The van der Waals surface area contributed by atoms with Gasteiger partial charge < -0.3 is 5.32 Å². The van der Waals surface area contributed by atoms with Crippen molar-refractivity contribution in [1.82, 2.24) is 15.2 Å². The number of hydrogen-bond acceptors (Lipinski definition) is 6. The van der Waals surface area contributed by atoms with Crippen molar-refractivity contribution in [3.8, 4) is 17.5 Å². The Morgan fingerprint density at radius 3 is 2.80 bits per heavy atom. The number of thiophene rings is 1. The number of thioether (sulfide) groups is 1. The van der Waals surface area contributed by atoms with Crippen LogP contribution in [0.3, 0.4) is 0 Å². The minimum absolute atomic E-state index is 0.144. The summed E-state index contributed by atoms with van der Waals surface area (Å²) in [6.07, 6.45) is 5.36. The Balaban J connectivity index is 1.44. The van der Waals surface area contributed by atoms with Gasteiger partial charge >= 0.3 is 0 Å². The van der Waals surface area contributed by atoms with E-state index in [-0.39, 0.29) is 11.2 Å². The first-order valence-electron chi connectivity index (χ1n) is 10.1. The fraction of sp³-hybridized carbons (Fsp3) is 0.364. The van der Waals surface area contributed by atoms with Crippen molar-refractivity contribution in [2.75, 3.05) is 5.32 Å². The van der Waals surface area contributed by atoms with E-state index in [4.69, 9.17) is 0 Å². The van der Waals surface area contributed by atoms with Crippen molar-refractivity contribution < 1.29 is 4.79 Å². The molecule has 6 nitrogen and oxygen atoms in total. The molecule has 2 N–H and O–H groups in total. The SMILES string of the molecule is Cc1ccc(-c2nc(S[C@H](C)C(=O)Nc3sc4c(c3C#N)CCCCC4)n[nH]2)cc1. The highest BCUT2D eigenvalue weighted by Gasteiger charge is 2.23. The quantitative estimate of drug-likeness (QED) is 0.428. The van der Waals surface area contributed by atoms with Crippen LogP contribution in [0, 0.1) is 18.3 Å². The third-order valence-electron chi connectivity index (χ3n) is 5.21. The van der Waals surface area contributed by atoms with Gasteiger partial charge in [0.2, 0.25) is 11.1 Å². The molecule has 1 aliphatic rings. The van der Waals surface area contributed by atoms with E-state index < -0.39 is 0 Å². The van der Waals surface area contributed by atoms with E-state index in [0.29, 0.717) is 21.5 Å². The second kappa shape index (κ2) is 9.02. The first kappa shape index (κ1) is 20.6. The van der Waals surface area contributed by atoms with Crippen LogP contribution in [-0.4, -0.2) is 26.3 Å². The molecular weight excluding hydrogens is 414 g/mol. The molecule has 8 heteroatoms. The van der Waals surface area contributed by atoms with Crippen molar-refractivity contribution >= 4 is 34.0 Å². The minimum Gasteiger partial charge on any atom is -0.316 e. The molecule has 154 valence electrons. The zero-order valence-corrected chi connectivity index (χ0v) is 18.6. The molecule has 3 aromatic rings. The summed E-state index contributed by atoms with van der Waals surface area (Å²) in [5, 5.41) is 20.6. The lowest BCUT2D eigenvalue weighted by Crippen LogP contribution is -2.22. The zero-order chi connectivity index (χ0) is 21.1. The third-order valence-corrected chi connectivity index (χ3v) is 7.38. The normalized spacial score (nSPS) is 14.4. The van der Waals surface area contributed by atoms with Gasteiger partial charge in [0.15, 0.2) is 5.82 Å². The van der Waals surface area contributed by atoms with Gasteiger partial charge in [-0.25, -0.2) is 4.98 Å². The van der Waals surface area contributed by atoms with Gasteiger partial charge in [-0.2, -0.15) is 5.26 Å². The lowest BCUT2D eigenvalue weighted by molar-refractivity contribution is -0.115. The van der Waals surface area contributed by atoms with E-state index in [1.807, 2.05) is 38.1 Å². The van der Waals surface area contributed by atoms with Gasteiger partial charge in [0.05, 0.1) is 10.8 Å². The van der Waals surface area contributed by atoms with Gasteiger partial charge in [-0.05, 0) is 45.1 Å². The highest BCUT2D eigenvalue weighted by molar-refractivity contribution is 8.00. The molecule has 0 bridgehead atoms. The Bertz CT molecular complexity index is 1090. The molecule has 0 saturated heterocycles. The molecule has 2 heterocycles. The number of aryl methyl sites for hydroxylation is 2. The number of rotatable bonds is 5. The molecule has 1 amide bonds. The number of benzene rings is 1. The fourth-order valence-electron chi connectivity index (χ4n) is 3.51. The Labute approximate surface area is 184 Å². The Kier molecular flexibility index (Phi) is 6.21. The van der Waals surface area contributed by atoms with Gasteiger partial charge in [0, 0.05) is 10.4 Å². The third kappa shape index (κ3) is 4.42. The summed E-state index contributed by atoms with van der Waals surface area (Å²) < 4.78 is 0. The molecule has 30 heavy (non-hydrogen) atoms. The van der Waals surface area contributed by atoms with Crippen molar-refractivity contribution in [3.05, 3.63) is 45.8 Å². The molecule has 0 radical (unpaired) electrons. The van der Waals surface area contributed by atoms with Gasteiger partial charge in [-0.1, -0.05) is 48.0 Å². The summed E-state index contributed by atoms with van der Waals surface area (Å²) in [5.41, 5.74) is 3.91. The molecule has 1 aromatic carbocycles. The van der Waals surface area contributed by atoms with Crippen LogP contribution in [0.4, 0.5) is 5.00 Å². The monoisotopic (exact) mass is 437 g/mol. The second-order valence-corrected chi connectivity index (χ2v) is 9.88. The van der Waals surface area contributed by atoms with Crippen LogP contribution >= 0.6 is 23.1 Å². The van der Waals surface area contributed by atoms with Crippen LogP contribution in [0.25, 0.3) is 11.4 Å². The van der Waals surface area contributed by atoms with E-state index in [9.17, 15) is 10.1 Å². The maximum atomic E-state index is 12.8. The molecule has 1 atom stereocenters. The molecule has 0 aliphatic heterocycles. The van der Waals surface area contributed by atoms with Crippen LogP contribution in [0.5, 0.6) is 0 Å². The summed E-state index contributed by atoms with van der Waals surface area (Å²) in [6, 6.07) is 10.3. The molecule has 0 saturated carbocycles. The number of hydrogen-bond donors (Lipinski definition) is 2. The maximum Gasteiger partial charge on any atom is 0.238 e. The second-order valence-electron chi connectivity index (χ2n) is 7.46. The van der Waals surface area contributed by atoms with Crippen molar-refractivity contribution in [2.45, 2.75) is 56.4 Å². The molecule has 4 rings (SSSR count). The highest BCUT2D eigenvalue weighted by atomic mass is 32.2. The van der Waals surface area contributed by atoms with E-state index in [1.165, 1.54) is 28.6 Å². The molecule has 0 fully saturated rings. The van der Waals surface area contributed by atoms with Crippen LogP contribution in [0.1, 0.15) is 47.8 Å². The lowest BCUT2D eigenvalue weighted by Gasteiger charge is -2.09. The Morgan fingerprint density at radius 1 is 1.27 bits per heavy atom. The van der Waals surface area contributed by atoms with Crippen LogP contribution in [-0.2, 0) is 17.6 Å². The molecule has 0 unspecified atom stereocenters. The maximum absolute atomic E-state index is 12.8. The minimum atomic E-state index is -0.389. The average Bonchev–Trinajstić information content (AvgIpc) is 3.25. The van der Waals surface area contributed by atoms with Crippen molar-refractivity contribution in [1.29, 1.82) is 5.26 Å². The summed E-state index contributed by atoms with van der Waals surface area (Å²) >= 11 is 2.85. The number of nitriles is 1. The average molecular weight is 438 g/mol. The fourth-order valence-corrected chi connectivity index (χ4v) is 5.48. The van der Waals surface area contributed by atoms with Gasteiger partial charge in [-0.15, -0.1) is 16.4 Å². The van der Waals surface area contributed by atoms with Crippen LogP contribution < -0.4 is 5.32 Å². The van der Waals surface area contributed by atoms with Gasteiger partial charge in [0.1, 0.15) is 11.1 Å². The summed E-state index contributed by atoms with van der Waals surface area (Å²) in [5.74, 6) is 0.536. The number of nitrogens with one attached hydrogen (secondary N) is 2. The topological polar surface area (TPSA) is 94.5 Å². The van der Waals surface area contributed by atoms with E-state index in [0.717, 1.165) is 36.8 Å². The first-order valence-corrected chi connectivity index (χ1v) is 11.8. The first-order chi connectivity index (χ1) is 14.5. The smallest absolute Gasteiger partial charge is 0.238 e. The van der Waals surface area contributed by atoms with Crippen LogP contribution in [0.15, 0.2) is 29.4 Å². The van der Waals surface area contributed by atoms with E-state index >= 15 is 0 Å². The predicted octanol–water partition coefficient (Wildman–Crippen LogP) is 5.10. The van der Waals surface area contributed by atoms with Gasteiger partial charge in [-0.3, -0.25) is 9.89 Å². The number of fused-ring (bicyclic) bond motifs is 1. The molecule has 0 spiro atoms. The summed E-state index contributed by atoms with van der Waals surface area (Å²) in [6.45, 7) is 3.86. The number of anilines is 1. The zero-order valence-electron chi connectivity index (χ0n) is 17.0. The van der Waals surface area contributed by atoms with E-state index in [2.05, 4.69) is 26.6 Å².